The first-order valence-corrected chi connectivity index (χ1v) is 5.43. The first kappa shape index (κ1) is 10.6. The molecule has 1 aliphatic rings. The molecule has 1 aromatic rings. The second kappa shape index (κ2) is 4.29. The molecule has 1 aromatic carbocycles. The maximum Gasteiger partial charge on any atom is 0.140 e. The van der Waals surface area contributed by atoms with E-state index in [1.807, 2.05) is 0 Å². The number of likely N-dealkylation sites (tertiary alicyclic amines) is 1. The number of nitrogens with zero attached hydrogens (tertiary/aromatic N) is 1. The summed E-state index contributed by atoms with van der Waals surface area (Å²) >= 11 is 6.02. The number of nitrogens with two attached hydrogens (primary N) is 1. The highest BCUT2D eigenvalue weighted by Crippen LogP contribution is 2.28. The number of benzene rings is 1. The van der Waals surface area contributed by atoms with Gasteiger partial charge in [0.1, 0.15) is 11.9 Å². The van der Waals surface area contributed by atoms with Crippen LogP contribution in [0.15, 0.2) is 18.2 Å². The van der Waals surface area contributed by atoms with Gasteiger partial charge in [-0.1, -0.05) is 11.6 Å². The molecule has 1 saturated heterocycles. The lowest BCUT2D eigenvalue weighted by molar-refractivity contribution is 0.208. The van der Waals surface area contributed by atoms with Crippen LogP contribution in [0.4, 0.5) is 5.69 Å². The van der Waals surface area contributed by atoms with E-state index in [1.54, 1.807) is 18.2 Å². The summed E-state index contributed by atoms with van der Waals surface area (Å²) in [5.74, 6) is 0.692. The van der Waals surface area contributed by atoms with E-state index in [1.165, 1.54) is 0 Å². The molecule has 0 amide bonds. The molecule has 0 bridgehead atoms. The van der Waals surface area contributed by atoms with E-state index in [-0.39, 0.29) is 6.10 Å². The highest BCUT2D eigenvalue weighted by molar-refractivity contribution is 6.32. The molecule has 3 nitrogen and oxygen atoms in total. The maximum absolute atomic E-state index is 6.02. The molecule has 82 valence electrons. The molecule has 0 aliphatic carbocycles. The Balaban J connectivity index is 2.07. The van der Waals surface area contributed by atoms with Gasteiger partial charge in [0.25, 0.3) is 0 Å². The van der Waals surface area contributed by atoms with E-state index >= 15 is 0 Å². The molecule has 15 heavy (non-hydrogen) atoms. The van der Waals surface area contributed by atoms with Crippen molar-refractivity contribution in [2.75, 3.05) is 25.9 Å². The Labute approximate surface area is 94.8 Å². The van der Waals surface area contributed by atoms with Crippen molar-refractivity contribution >= 4 is 17.3 Å². The third-order valence-corrected chi connectivity index (χ3v) is 2.91. The van der Waals surface area contributed by atoms with Crippen LogP contribution in [0, 0.1) is 0 Å². The fraction of sp³-hybridized carbons (Fsp3) is 0.455. The van der Waals surface area contributed by atoms with Gasteiger partial charge in [-0.05, 0) is 25.6 Å². The van der Waals surface area contributed by atoms with Crippen molar-refractivity contribution in [2.24, 2.45) is 0 Å². The average Bonchev–Trinajstić information content (AvgIpc) is 2.58. The van der Waals surface area contributed by atoms with Gasteiger partial charge in [0.2, 0.25) is 0 Å². The first-order valence-electron chi connectivity index (χ1n) is 5.05. The summed E-state index contributed by atoms with van der Waals surface area (Å²) in [4.78, 5) is 2.24. The van der Waals surface area contributed by atoms with Crippen LogP contribution >= 0.6 is 11.6 Å². The molecule has 1 aliphatic heterocycles. The van der Waals surface area contributed by atoms with Gasteiger partial charge in [-0.3, -0.25) is 0 Å². The second-order valence-electron chi connectivity index (χ2n) is 3.98. The molecule has 1 unspecified atom stereocenters. The van der Waals surface area contributed by atoms with Gasteiger partial charge in [-0.2, -0.15) is 0 Å². The predicted molar refractivity (Wildman–Crippen MR) is 62.4 cm³/mol. The quantitative estimate of drug-likeness (QED) is 0.784. The number of halogens is 1. The van der Waals surface area contributed by atoms with Gasteiger partial charge in [0, 0.05) is 24.8 Å². The zero-order chi connectivity index (χ0) is 10.8. The number of hydrogen-bond donors (Lipinski definition) is 1. The minimum absolute atomic E-state index is 0.231. The van der Waals surface area contributed by atoms with Gasteiger partial charge in [-0.15, -0.1) is 0 Å². The number of anilines is 1. The molecule has 0 aromatic heterocycles. The number of ether oxygens (including phenoxy) is 1. The Hall–Kier alpha value is -0.930. The Morgan fingerprint density at radius 1 is 1.53 bits per heavy atom. The van der Waals surface area contributed by atoms with Crippen molar-refractivity contribution in [2.45, 2.75) is 12.5 Å². The van der Waals surface area contributed by atoms with Crippen LogP contribution in [0.5, 0.6) is 5.75 Å². The third kappa shape index (κ3) is 2.55. The van der Waals surface area contributed by atoms with Crippen LogP contribution in [-0.2, 0) is 0 Å². The summed E-state index contributed by atoms with van der Waals surface area (Å²) in [6.07, 6.45) is 1.27. The van der Waals surface area contributed by atoms with E-state index in [2.05, 4.69) is 11.9 Å². The predicted octanol–water partition coefficient (Wildman–Crippen LogP) is 2.01. The molecule has 2 N–H and O–H groups in total. The van der Waals surface area contributed by atoms with Crippen LogP contribution < -0.4 is 10.5 Å². The zero-order valence-corrected chi connectivity index (χ0v) is 9.50. The van der Waals surface area contributed by atoms with Crippen molar-refractivity contribution < 1.29 is 4.74 Å². The Bertz CT molecular complexity index is 356. The molecule has 0 radical (unpaired) electrons. The molecule has 4 heteroatoms. The van der Waals surface area contributed by atoms with Crippen LogP contribution in [0.2, 0.25) is 5.02 Å². The Morgan fingerprint density at radius 3 is 3.00 bits per heavy atom. The van der Waals surface area contributed by atoms with E-state index in [4.69, 9.17) is 22.1 Å². The van der Waals surface area contributed by atoms with Crippen molar-refractivity contribution in [3.05, 3.63) is 23.2 Å². The number of likely N-dealkylation sites (N-methyl/N-ethyl adjacent to an activating group) is 1. The van der Waals surface area contributed by atoms with Crippen LogP contribution in [-0.4, -0.2) is 31.1 Å². The maximum atomic E-state index is 6.02. The standard InChI is InChI=1S/C11H15ClN2O/c1-14-5-4-9(7-14)15-11-6-8(13)2-3-10(11)12/h2-3,6,9H,4-5,7,13H2,1H3. The number of hydrogen-bond acceptors (Lipinski definition) is 3. The molecule has 1 atom stereocenters. The molecule has 0 spiro atoms. The highest BCUT2D eigenvalue weighted by atomic mass is 35.5. The lowest BCUT2D eigenvalue weighted by Gasteiger charge is -2.15. The van der Waals surface area contributed by atoms with Gasteiger partial charge >= 0.3 is 0 Å². The summed E-state index contributed by atoms with van der Waals surface area (Å²) in [6.45, 7) is 2.02. The molecular weight excluding hydrogens is 212 g/mol. The fourth-order valence-electron chi connectivity index (χ4n) is 1.78. The second-order valence-corrected chi connectivity index (χ2v) is 4.39. The smallest absolute Gasteiger partial charge is 0.140 e. The molecule has 1 heterocycles. The summed E-state index contributed by atoms with van der Waals surface area (Å²) in [5.41, 5.74) is 6.36. The lowest BCUT2D eigenvalue weighted by atomic mass is 10.3. The topological polar surface area (TPSA) is 38.5 Å². The largest absolute Gasteiger partial charge is 0.487 e. The lowest BCUT2D eigenvalue weighted by Crippen LogP contribution is -2.21. The van der Waals surface area contributed by atoms with Gasteiger partial charge in [0.05, 0.1) is 5.02 Å². The van der Waals surface area contributed by atoms with E-state index in [0.717, 1.165) is 19.5 Å². The molecule has 0 saturated carbocycles. The van der Waals surface area contributed by atoms with Crippen LogP contribution in [0.3, 0.4) is 0 Å². The zero-order valence-electron chi connectivity index (χ0n) is 8.74. The van der Waals surface area contributed by atoms with Gasteiger partial charge < -0.3 is 15.4 Å². The number of rotatable bonds is 2. The van der Waals surface area contributed by atoms with Crippen LogP contribution in [0.1, 0.15) is 6.42 Å². The number of nitrogen functional groups attached to an aromatic ring is 1. The summed E-state index contributed by atoms with van der Waals surface area (Å²) in [5, 5.41) is 0.624. The van der Waals surface area contributed by atoms with Gasteiger partial charge in [-0.25, -0.2) is 0 Å². The first-order chi connectivity index (χ1) is 7.15. The summed E-state index contributed by atoms with van der Waals surface area (Å²) in [6, 6.07) is 5.32. The fourth-order valence-corrected chi connectivity index (χ4v) is 1.94. The normalized spacial score (nSPS) is 21.9. The summed E-state index contributed by atoms with van der Waals surface area (Å²) < 4.78 is 5.80. The van der Waals surface area contributed by atoms with E-state index < -0.39 is 0 Å². The van der Waals surface area contributed by atoms with Crippen molar-refractivity contribution in [3.63, 3.8) is 0 Å². The molecule has 1 fully saturated rings. The van der Waals surface area contributed by atoms with Crippen LogP contribution in [0.25, 0.3) is 0 Å². The van der Waals surface area contributed by atoms with E-state index in [0.29, 0.717) is 16.5 Å². The highest BCUT2D eigenvalue weighted by Gasteiger charge is 2.21. The third-order valence-electron chi connectivity index (χ3n) is 2.60. The van der Waals surface area contributed by atoms with Crippen molar-refractivity contribution in [1.29, 1.82) is 0 Å². The van der Waals surface area contributed by atoms with E-state index in [9.17, 15) is 0 Å². The Morgan fingerprint density at radius 2 is 2.33 bits per heavy atom. The molecule has 2 rings (SSSR count). The molecular formula is C11H15ClN2O. The van der Waals surface area contributed by atoms with Crippen molar-refractivity contribution in [1.82, 2.24) is 4.90 Å². The monoisotopic (exact) mass is 226 g/mol. The minimum Gasteiger partial charge on any atom is -0.487 e. The Kier molecular flexibility index (Phi) is 3.03. The van der Waals surface area contributed by atoms with Gasteiger partial charge in [0.15, 0.2) is 0 Å². The minimum atomic E-state index is 0.231. The van der Waals surface area contributed by atoms with Crippen molar-refractivity contribution in [3.8, 4) is 5.75 Å². The summed E-state index contributed by atoms with van der Waals surface area (Å²) in [7, 11) is 2.09. The average molecular weight is 227 g/mol. The SMILES string of the molecule is CN1CCC(Oc2cc(N)ccc2Cl)C1.